The van der Waals surface area contributed by atoms with Crippen molar-refractivity contribution in [3.05, 3.63) is 29.8 Å². The summed E-state index contributed by atoms with van der Waals surface area (Å²) in [6.45, 7) is 0. The maximum absolute atomic E-state index is 11.9. The van der Waals surface area contributed by atoms with Gasteiger partial charge < -0.3 is 10.8 Å². The lowest BCUT2D eigenvalue weighted by molar-refractivity contribution is -0.136. The molecule has 6 heteroatoms. The predicted octanol–water partition coefficient (Wildman–Crippen LogP) is 3.16. The third-order valence-electron chi connectivity index (χ3n) is 2.06. The van der Waals surface area contributed by atoms with Crippen LogP contribution in [0, 0.1) is 0 Å². The number of phenolic OH excluding ortho intramolecular Hbond substituents is 1. The number of phenols is 1. The Morgan fingerprint density at radius 3 is 2.12 bits per heavy atom. The van der Waals surface area contributed by atoms with Gasteiger partial charge in [-0.3, -0.25) is 0 Å². The Hall–Kier alpha value is -0.940. The summed E-state index contributed by atoms with van der Waals surface area (Å²) in [5.74, 6) is 0.0711. The molecule has 0 aliphatic carbocycles. The van der Waals surface area contributed by atoms with Gasteiger partial charge in [-0.1, -0.05) is 12.1 Å². The van der Waals surface area contributed by atoms with E-state index in [1.54, 1.807) is 0 Å². The van der Waals surface area contributed by atoms with Crippen LogP contribution >= 0.6 is 12.4 Å². The molecule has 0 aliphatic rings. The fourth-order valence-corrected chi connectivity index (χ4v) is 1.21. The molecule has 92 valence electrons. The minimum Gasteiger partial charge on any atom is -0.508 e. The Morgan fingerprint density at radius 1 is 1.19 bits per heavy atom. The Bertz CT molecular complexity index is 313. The molecule has 1 rings (SSSR count). The zero-order chi connectivity index (χ0) is 11.5. The van der Waals surface area contributed by atoms with Crippen molar-refractivity contribution in [3.8, 4) is 5.75 Å². The highest BCUT2D eigenvalue weighted by Crippen LogP contribution is 2.26. The molecule has 2 nitrogen and oxygen atoms in total. The fourth-order valence-electron chi connectivity index (χ4n) is 1.21. The molecule has 1 aromatic rings. The second kappa shape index (κ2) is 5.96. The van der Waals surface area contributed by atoms with Gasteiger partial charge in [-0.05, 0) is 24.1 Å². The standard InChI is InChI=1S/C10H12F3NO.ClH/c11-10(12,13)6-5-9(14)7-1-3-8(15)4-2-7;/h1-4,9,15H,5-6,14H2;1H/t9-;/m1./s1. The first kappa shape index (κ1) is 15.1. The van der Waals surface area contributed by atoms with Crippen molar-refractivity contribution >= 4 is 12.4 Å². The van der Waals surface area contributed by atoms with E-state index in [9.17, 15) is 13.2 Å². The molecule has 0 saturated carbocycles. The second-order valence-electron chi connectivity index (χ2n) is 3.35. The molecule has 1 aromatic carbocycles. The van der Waals surface area contributed by atoms with Crippen molar-refractivity contribution in [2.75, 3.05) is 0 Å². The molecule has 1 atom stereocenters. The average molecular weight is 256 g/mol. The normalized spacial score (nSPS) is 13.0. The van der Waals surface area contributed by atoms with E-state index in [2.05, 4.69) is 0 Å². The average Bonchev–Trinajstić information content (AvgIpc) is 2.14. The number of rotatable bonds is 3. The SMILES string of the molecule is Cl.N[C@H](CCC(F)(F)F)c1ccc(O)cc1. The molecular weight excluding hydrogens is 243 g/mol. The first-order chi connectivity index (χ1) is 6.88. The number of alkyl halides is 3. The van der Waals surface area contributed by atoms with Crippen LogP contribution in [0.2, 0.25) is 0 Å². The molecule has 0 saturated heterocycles. The Balaban J connectivity index is 0.00000225. The molecular formula is C10H13ClF3NO. The lowest BCUT2D eigenvalue weighted by atomic mass is 10.0. The van der Waals surface area contributed by atoms with E-state index in [0.29, 0.717) is 5.56 Å². The van der Waals surface area contributed by atoms with Crippen molar-refractivity contribution < 1.29 is 18.3 Å². The third-order valence-corrected chi connectivity index (χ3v) is 2.06. The molecule has 0 aliphatic heterocycles. The van der Waals surface area contributed by atoms with E-state index in [-0.39, 0.29) is 24.6 Å². The Labute approximate surface area is 97.7 Å². The molecule has 0 aromatic heterocycles. The van der Waals surface area contributed by atoms with Gasteiger partial charge in [0.2, 0.25) is 0 Å². The van der Waals surface area contributed by atoms with Gasteiger partial charge >= 0.3 is 6.18 Å². The Morgan fingerprint density at radius 2 is 1.69 bits per heavy atom. The van der Waals surface area contributed by atoms with Crippen molar-refractivity contribution in [1.82, 2.24) is 0 Å². The second-order valence-corrected chi connectivity index (χ2v) is 3.35. The highest BCUT2D eigenvalue weighted by atomic mass is 35.5. The van der Waals surface area contributed by atoms with Crippen LogP contribution in [0.4, 0.5) is 13.2 Å². The van der Waals surface area contributed by atoms with Crippen LogP contribution in [0.15, 0.2) is 24.3 Å². The van der Waals surface area contributed by atoms with E-state index in [1.165, 1.54) is 24.3 Å². The van der Waals surface area contributed by atoms with Gasteiger partial charge in [0.25, 0.3) is 0 Å². The smallest absolute Gasteiger partial charge is 0.389 e. The van der Waals surface area contributed by atoms with E-state index in [1.807, 2.05) is 0 Å². The highest BCUT2D eigenvalue weighted by molar-refractivity contribution is 5.85. The van der Waals surface area contributed by atoms with Gasteiger partial charge in [-0.25, -0.2) is 0 Å². The van der Waals surface area contributed by atoms with E-state index < -0.39 is 18.6 Å². The zero-order valence-electron chi connectivity index (χ0n) is 8.37. The molecule has 16 heavy (non-hydrogen) atoms. The van der Waals surface area contributed by atoms with Crippen molar-refractivity contribution in [2.24, 2.45) is 5.73 Å². The third kappa shape index (κ3) is 5.23. The first-order valence-corrected chi connectivity index (χ1v) is 4.50. The molecule has 0 unspecified atom stereocenters. The molecule has 0 fully saturated rings. The monoisotopic (exact) mass is 255 g/mol. The topological polar surface area (TPSA) is 46.2 Å². The Kier molecular flexibility index (Phi) is 5.61. The molecule has 3 N–H and O–H groups in total. The summed E-state index contributed by atoms with van der Waals surface area (Å²) in [5.41, 5.74) is 6.17. The van der Waals surface area contributed by atoms with Crippen molar-refractivity contribution in [1.29, 1.82) is 0 Å². The summed E-state index contributed by atoms with van der Waals surface area (Å²) in [7, 11) is 0. The number of aromatic hydroxyl groups is 1. The summed E-state index contributed by atoms with van der Waals surface area (Å²) in [6.07, 6.45) is -5.21. The summed E-state index contributed by atoms with van der Waals surface area (Å²) in [4.78, 5) is 0. The maximum atomic E-state index is 11.9. The molecule has 0 spiro atoms. The van der Waals surface area contributed by atoms with Gasteiger partial charge in [-0.15, -0.1) is 12.4 Å². The molecule has 0 bridgehead atoms. The fraction of sp³-hybridized carbons (Fsp3) is 0.400. The number of benzene rings is 1. The van der Waals surface area contributed by atoms with Crippen LogP contribution in [-0.4, -0.2) is 11.3 Å². The highest BCUT2D eigenvalue weighted by Gasteiger charge is 2.27. The number of hydrogen-bond acceptors (Lipinski definition) is 2. The van der Waals surface area contributed by atoms with Crippen molar-refractivity contribution in [3.63, 3.8) is 0 Å². The van der Waals surface area contributed by atoms with E-state index >= 15 is 0 Å². The van der Waals surface area contributed by atoms with Gasteiger partial charge in [0.05, 0.1) is 0 Å². The van der Waals surface area contributed by atoms with Gasteiger partial charge in [0, 0.05) is 12.5 Å². The molecule has 0 amide bonds. The summed E-state index contributed by atoms with van der Waals surface area (Å²) in [6, 6.07) is 5.21. The van der Waals surface area contributed by atoms with E-state index in [0.717, 1.165) is 0 Å². The van der Waals surface area contributed by atoms with E-state index in [4.69, 9.17) is 10.8 Å². The molecule has 0 heterocycles. The van der Waals surface area contributed by atoms with Crippen LogP contribution in [0.3, 0.4) is 0 Å². The summed E-state index contributed by atoms with van der Waals surface area (Å²) in [5, 5.41) is 8.98. The number of nitrogens with two attached hydrogens (primary N) is 1. The van der Waals surface area contributed by atoms with Gasteiger partial charge in [0.1, 0.15) is 5.75 Å². The lowest BCUT2D eigenvalue weighted by Crippen LogP contribution is -2.15. The molecule has 0 radical (unpaired) electrons. The quantitative estimate of drug-likeness (QED) is 0.872. The lowest BCUT2D eigenvalue weighted by Gasteiger charge is -2.13. The van der Waals surface area contributed by atoms with Crippen LogP contribution < -0.4 is 5.73 Å². The van der Waals surface area contributed by atoms with Crippen LogP contribution in [-0.2, 0) is 0 Å². The van der Waals surface area contributed by atoms with Gasteiger partial charge in [0.15, 0.2) is 0 Å². The minimum absolute atomic E-state index is 0. The number of hydrogen-bond donors (Lipinski definition) is 2. The zero-order valence-corrected chi connectivity index (χ0v) is 9.18. The maximum Gasteiger partial charge on any atom is 0.389 e. The minimum atomic E-state index is -4.17. The predicted molar refractivity (Wildman–Crippen MR) is 57.6 cm³/mol. The van der Waals surface area contributed by atoms with Gasteiger partial charge in [-0.2, -0.15) is 13.2 Å². The largest absolute Gasteiger partial charge is 0.508 e. The summed E-state index contributed by atoms with van der Waals surface area (Å²) >= 11 is 0. The van der Waals surface area contributed by atoms with Crippen LogP contribution in [0.5, 0.6) is 5.75 Å². The van der Waals surface area contributed by atoms with Crippen molar-refractivity contribution in [2.45, 2.75) is 25.1 Å². The summed E-state index contributed by atoms with van der Waals surface area (Å²) < 4.78 is 35.7. The van der Waals surface area contributed by atoms with Crippen LogP contribution in [0.1, 0.15) is 24.4 Å². The van der Waals surface area contributed by atoms with Crippen LogP contribution in [0.25, 0.3) is 0 Å². The first-order valence-electron chi connectivity index (χ1n) is 4.50. The number of halogens is 4.